The van der Waals surface area contributed by atoms with Crippen LogP contribution >= 0.6 is 0 Å². The molecule has 0 bridgehead atoms. The van der Waals surface area contributed by atoms with E-state index < -0.39 is 11.6 Å². The van der Waals surface area contributed by atoms with Gasteiger partial charge in [-0.05, 0) is 37.8 Å². The third-order valence-electron chi connectivity index (χ3n) is 4.00. The third-order valence-corrected chi connectivity index (χ3v) is 4.00. The van der Waals surface area contributed by atoms with E-state index in [-0.39, 0.29) is 17.2 Å². The van der Waals surface area contributed by atoms with Crippen LogP contribution in [0.4, 0.5) is 14.5 Å². The fourth-order valence-corrected chi connectivity index (χ4v) is 2.93. The highest BCUT2D eigenvalue weighted by molar-refractivity contribution is 5.94. The van der Waals surface area contributed by atoms with Crippen LogP contribution < -0.4 is 5.32 Å². The summed E-state index contributed by atoms with van der Waals surface area (Å²) in [7, 11) is 1.69. The number of halogens is 2. The van der Waals surface area contributed by atoms with E-state index in [1.807, 2.05) is 0 Å². The Kier molecular flexibility index (Phi) is 5.15. The largest absolute Gasteiger partial charge is 0.381 e. The lowest BCUT2D eigenvalue weighted by Gasteiger charge is -2.21. The van der Waals surface area contributed by atoms with Crippen molar-refractivity contribution in [1.29, 1.82) is 0 Å². The Labute approximate surface area is 124 Å². The Hall–Kier alpha value is -1.65. The molecule has 0 spiro atoms. The van der Waals surface area contributed by atoms with E-state index in [2.05, 4.69) is 5.32 Å². The molecule has 0 aromatic heterocycles. The van der Waals surface area contributed by atoms with Crippen LogP contribution in [0.1, 0.15) is 43.0 Å². The number of rotatable bonds is 5. The molecule has 0 atom stereocenters. The van der Waals surface area contributed by atoms with Crippen molar-refractivity contribution in [2.45, 2.75) is 32.6 Å². The molecule has 0 aliphatic heterocycles. The number of nitrogens with zero attached hydrogens (tertiary/aromatic N) is 1. The van der Waals surface area contributed by atoms with Gasteiger partial charge in [0.15, 0.2) is 0 Å². The summed E-state index contributed by atoms with van der Waals surface area (Å²) < 4.78 is 27.7. The van der Waals surface area contributed by atoms with E-state index in [1.54, 1.807) is 18.9 Å². The van der Waals surface area contributed by atoms with Crippen LogP contribution in [0.5, 0.6) is 0 Å². The maximum Gasteiger partial charge on any atom is 0.253 e. The molecule has 116 valence electrons. The van der Waals surface area contributed by atoms with Crippen LogP contribution in [-0.2, 0) is 0 Å². The van der Waals surface area contributed by atoms with Gasteiger partial charge in [0.25, 0.3) is 5.91 Å². The normalized spacial score (nSPS) is 15.2. The van der Waals surface area contributed by atoms with Gasteiger partial charge < -0.3 is 10.2 Å². The van der Waals surface area contributed by atoms with Crippen LogP contribution in [0, 0.1) is 17.6 Å². The molecule has 0 radical (unpaired) electrons. The van der Waals surface area contributed by atoms with Gasteiger partial charge in [0, 0.05) is 25.7 Å². The van der Waals surface area contributed by atoms with Crippen molar-refractivity contribution in [2.75, 3.05) is 25.5 Å². The van der Waals surface area contributed by atoms with Gasteiger partial charge in [-0.1, -0.05) is 12.8 Å². The molecule has 2 rings (SSSR count). The summed E-state index contributed by atoms with van der Waals surface area (Å²) in [5.41, 5.74) is -0.111. The lowest BCUT2D eigenvalue weighted by Crippen LogP contribution is -2.31. The minimum Gasteiger partial charge on any atom is -0.381 e. The average molecular weight is 296 g/mol. The highest BCUT2D eigenvalue weighted by Crippen LogP contribution is 2.26. The standard InChI is InChI=1S/C16H22F2N2O/c1-3-19-15-13(17)8-12(9-14(15)18)16(21)20(2)10-11-6-4-5-7-11/h8-9,11,19H,3-7,10H2,1-2H3. The smallest absolute Gasteiger partial charge is 0.253 e. The Morgan fingerprint density at radius 1 is 1.29 bits per heavy atom. The fraction of sp³-hybridized carbons (Fsp3) is 0.562. The SMILES string of the molecule is CCNc1c(F)cc(C(=O)N(C)CC2CCCC2)cc1F. The van der Waals surface area contributed by atoms with Gasteiger partial charge in [-0.3, -0.25) is 4.79 Å². The van der Waals surface area contributed by atoms with Crippen molar-refractivity contribution in [1.82, 2.24) is 4.90 Å². The molecule has 1 N–H and O–H groups in total. The van der Waals surface area contributed by atoms with E-state index in [9.17, 15) is 13.6 Å². The summed E-state index contributed by atoms with van der Waals surface area (Å²) in [6, 6.07) is 2.21. The number of nitrogens with one attached hydrogen (secondary N) is 1. The molecule has 0 heterocycles. The average Bonchev–Trinajstić information content (AvgIpc) is 2.94. The number of carbonyl (C=O) groups excluding carboxylic acids is 1. The lowest BCUT2D eigenvalue weighted by molar-refractivity contribution is 0.0772. The second-order valence-corrected chi connectivity index (χ2v) is 5.68. The lowest BCUT2D eigenvalue weighted by atomic mass is 10.1. The monoisotopic (exact) mass is 296 g/mol. The molecule has 21 heavy (non-hydrogen) atoms. The quantitative estimate of drug-likeness (QED) is 0.899. The summed E-state index contributed by atoms with van der Waals surface area (Å²) in [6.07, 6.45) is 4.65. The van der Waals surface area contributed by atoms with Gasteiger partial charge in [-0.15, -0.1) is 0 Å². The molecule has 1 aliphatic carbocycles. The Balaban J connectivity index is 2.11. The van der Waals surface area contributed by atoms with Crippen molar-refractivity contribution in [3.05, 3.63) is 29.3 Å². The van der Waals surface area contributed by atoms with E-state index in [4.69, 9.17) is 0 Å². The molecule has 0 saturated heterocycles. The number of anilines is 1. The highest BCUT2D eigenvalue weighted by Gasteiger charge is 2.22. The van der Waals surface area contributed by atoms with Gasteiger partial charge in [0.1, 0.15) is 17.3 Å². The van der Waals surface area contributed by atoms with Crippen molar-refractivity contribution in [2.24, 2.45) is 5.92 Å². The summed E-state index contributed by atoms with van der Waals surface area (Å²) in [5.74, 6) is -1.28. The molecular formula is C16H22F2N2O. The van der Waals surface area contributed by atoms with Crippen molar-refractivity contribution in [3.8, 4) is 0 Å². The zero-order chi connectivity index (χ0) is 15.4. The molecule has 5 heteroatoms. The Bertz CT molecular complexity index is 490. The zero-order valence-electron chi connectivity index (χ0n) is 12.6. The molecule has 1 saturated carbocycles. The Morgan fingerprint density at radius 3 is 2.38 bits per heavy atom. The van der Waals surface area contributed by atoms with Crippen molar-refractivity contribution < 1.29 is 13.6 Å². The number of hydrogen-bond donors (Lipinski definition) is 1. The van der Waals surface area contributed by atoms with E-state index in [0.717, 1.165) is 25.0 Å². The van der Waals surface area contributed by atoms with Gasteiger partial charge >= 0.3 is 0 Å². The predicted molar refractivity (Wildman–Crippen MR) is 79.4 cm³/mol. The second kappa shape index (κ2) is 6.87. The summed E-state index contributed by atoms with van der Waals surface area (Å²) in [5, 5.41) is 2.62. The summed E-state index contributed by atoms with van der Waals surface area (Å²) >= 11 is 0. The van der Waals surface area contributed by atoms with E-state index in [1.165, 1.54) is 12.8 Å². The predicted octanol–water partition coefficient (Wildman–Crippen LogP) is 3.66. The number of benzene rings is 1. The number of amides is 1. The van der Waals surface area contributed by atoms with Gasteiger partial charge in [0.05, 0.1) is 0 Å². The first-order chi connectivity index (χ1) is 10.0. The molecule has 1 amide bonds. The zero-order valence-corrected chi connectivity index (χ0v) is 12.6. The molecule has 1 fully saturated rings. The number of carbonyl (C=O) groups is 1. The minimum absolute atomic E-state index is 0.0622. The molecular weight excluding hydrogens is 274 g/mol. The van der Waals surface area contributed by atoms with Gasteiger partial charge in [0.2, 0.25) is 0 Å². The van der Waals surface area contributed by atoms with Gasteiger partial charge in [-0.2, -0.15) is 0 Å². The number of hydrogen-bond acceptors (Lipinski definition) is 2. The first-order valence-electron chi connectivity index (χ1n) is 7.51. The van der Waals surface area contributed by atoms with Crippen LogP contribution in [-0.4, -0.2) is 30.9 Å². The maximum atomic E-state index is 13.9. The van der Waals surface area contributed by atoms with Crippen LogP contribution in [0.3, 0.4) is 0 Å². The van der Waals surface area contributed by atoms with E-state index in [0.29, 0.717) is 19.0 Å². The summed E-state index contributed by atoms with van der Waals surface area (Å²) in [6.45, 7) is 2.83. The van der Waals surface area contributed by atoms with Crippen LogP contribution in [0.25, 0.3) is 0 Å². The van der Waals surface area contributed by atoms with Gasteiger partial charge in [-0.25, -0.2) is 8.78 Å². The molecule has 1 aliphatic rings. The second-order valence-electron chi connectivity index (χ2n) is 5.68. The molecule has 0 unspecified atom stereocenters. The molecule has 1 aromatic carbocycles. The maximum absolute atomic E-state index is 13.9. The first kappa shape index (κ1) is 15.7. The van der Waals surface area contributed by atoms with Crippen molar-refractivity contribution in [3.63, 3.8) is 0 Å². The topological polar surface area (TPSA) is 32.3 Å². The van der Waals surface area contributed by atoms with Crippen LogP contribution in [0.15, 0.2) is 12.1 Å². The Morgan fingerprint density at radius 2 is 1.86 bits per heavy atom. The van der Waals surface area contributed by atoms with E-state index >= 15 is 0 Å². The third kappa shape index (κ3) is 3.71. The van der Waals surface area contributed by atoms with Crippen LogP contribution in [0.2, 0.25) is 0 Å². The first-order valence-corrected chi connectivity index (χ1v) is 7.51. The molecule has 1 aromatic rings. The summed E-state index contributed by atoms with van der Waals surface area (Å²) in [4.78, 5) is 13.8. The fourth-order valence-electron chi connectivity index (χ4n) is 2.93. The van der Waals surface area contributed by atoms with Crippen molar-refractivity contribution >= 4 is 11.6 Å². The minimum atomic E-state index is -0.727. The highest BCUT2D eigenvalue weighted by atomic mass is 19.1. The molecule has 3 nitrogen and oxygen atoms in total.